The number of hydrogen-bond acceptors (Lipinski definition) is 5. The zero-order chi connectivity index (χ0) is 19.1. The fourth-order valence-corrected chi connectivity index (χ4v) is 4.08. The summed E-state index contributed by atoms with van der Waals surface area (Å²) in [7, 11) is 4.83. The predicted molar refractivity (Wildman–Crippen MR) is 106 cm³/mol. The number of nitrogens with zero attached hydrogens (tertiary/aromatic N) is 2. The van der Waals surface area contributed by atoms with Crippen molar-refractivity contribution in [3.63, 3.8) is 0 Å². The van der Waals surface area contributed by atoms with Gasteiger partial charge >= 0.3 is 0 Å². The third-order valence-corrected chi connectivity index (χ3v) is 5.51. The van der Waals surface area contributed by atoms with Gasteiger partial charge in [-0.15, -0.1) is 0 Å². The summed E-state index contributed by atoms with van der Waals surface area (Å²) < 4.78 is 16.1. The van der Waals surface area contributed by atoms with Crippen molar-refractivity contribution in [3.05, 3.63) is 47.5 Å². The number of hydrogen-bond donors (Lipinski definition) is 0. The van der Waals surface area contributed by atoms with Crippen LogP contribution in [-0.4, -0.2) is 43.3 Å². The Morgan fingerprint density at radius 2 is 1.70 bits per heavy atom. The number of rotatable bonds is 4. The Kier molecular flexibility index (Phi) is 4.39. The standard InChI is InChI=1S/C20H20N2O4S/c1-24-15-6-4-5-14(10-15)22-19(23)16-7-12-8-17(25-2)18(26-3)9-13(12)11-21(16)20(22)27/h4-6,8-10,16H,7,11H2,1-3H3. The maximum Gasteiger partial charge on any atom is 0.256 e. The molecule has 2 aliphatic rings. The first-order chi connectivity index (χ1) is 13.1. The molecule has 1 saturated heterocycles. The highest BCUT2D eigenvalue weighted by Crippen LogP contribution is 2.38. The van der Waals surface area contributed by atoms with Gasteiger partial charge in [0, 0.05) is 19.0 Å². The molecule has 1 fully saturated rings. The molecular formula is C20H20N2O4S. The highest BCUT2D eigenvalue weighted by atomic mass is 32.1. The van der Waals surface area contributed by atoms with Gasteiger partial charge < -0.3 is 19.1 Å². The summed E-state index contributed by atoms with van der Waals surface area (Å²) in [5.41, 5.74) is 2.89. The number of thiocarbonyl (C=S) groups is 1. The molecule has 0 saturated carbocycles. The van der Waals surface area contributed by atoms with Crippen molar-refractivity contribution in [3.8, 4) is 17.2 Å². The van der Waals surface area contributed by atoms with Crippen molar-refractivity contribution in [1.29, 1.82) is 0 Å². The second kappa shape index (κ2) is 6.74. The van der Waals surface area contributed by atoms with Crippen LogP contribution in [-0.2, 0) is 17.8 Å². The van der Waals surface area contributed by atoms with E-state index in [-0.39, 0.29) is 11.9 Å². The molecular weight excluding hydrogens is 364 g/mol. The van der Waals surface area contributed by atoms with Gasteiger partial charge in [-0.3, -0.25) is 9.69 Å². The number of methoxy groups -OCH3 is 3. The zero-order valence-corrected chi connectivity index (χ0v) is 16.2. The first-order valence-electron chi connectivity index (χ1n) is 8.59. The maximum atomic E-state index is 13.1. The van der Waals surface area contributed by atoms with Gasteiger partial charge in [0.1, 0.15) is 11.8 Å². The fourth-order valence-electron chi connectivity index (χ4n) is 3.69. The normalized spacial score (nSPS) is 18.3. The number of ether oxygens (including phenoxy) is 3. The average molecular weight is 384 g/mol. The fraction of sp³-hybridized carbons (Fsp3) is 0.300. The Morgan fingerprint density at radius 3 is 2.37 bits per heavy atom. The minimum Gasteiger partial charge on any atom is -0.497 e. The summed E-state index contributed by atoms with van der Waals surface area (Å²) in [6.45, 7) is 0.561. The number of amides is 1. The van der Waals surface area contributed by atoms with Crippen molar-refractivity contribution in [2.75, 3.05) is 26.2 Å². The molecule has 7 heteroatoms. The van der Waals surface area contributed by atoms with Crippen LogP contribution >= 0.6 is 12.2 Å². The molecule has 1 unspecified atom stereocenters. The van der Waals surface area contributed by atoms with Crippen LogP contribution in [0.15, 0.2) is 36.4 Å². The zero-order valence-electron chi connectivity index (χ0n) is 15.4. The number of carbonyl (C=O) groups is 1. The minimum absolute atomic E-state index is 0.0197. The van der Waals surface area contributed by atoms with Crippen LogP contribution in [0.4, 0.5) is 5.69 Å². The Hall–Kier alpha value is -2.80. The summed E-state index contributed by atoms with van der Waals surface area (Å²) in [4.78, 5) is 16.7. The topological polar surface area (TPSA) is 51.2 Å². The van der Waals surface area contributed by atoms with Crippen LogP contribution < -0.4 is 19.1 Å². The number of anilines is 1. The molecule has 0 aromatic heterocycles. The monoisotopic (exact) mass is 384 g/mol. The van der Waals surface area contributed by atoms with E-state index in [0.29, 0.717) is 35.3 Å². The molecule has 0 bridgehead atoms. The van der Waals surface area contributed by atoms with E-state index in [1.54, 1.807) is 26.2 Å². The third kappa shape index (κ3) is 2.78. The van der Waals surface area contributed by atoms with E-state index in [1.165, 1.54) is 0 Å². The maximum absolute atomic E-state index is 13.1. The molecule has 27 heavy (non-hydrogen) atoms. The smallest absolute Gasteiger partial charge is 0.256 e. The first-order valence-corrected chi connectivity index (χ1v) is 9.00. The van der Waals surface area contributed by atoms with Gasteiger partial charge in [0.15, 0.2) is 16.6 Å². The quantitative estimate of drug-likeness (QED) is 0.756. The van der Waals surface area contributed by atoms with Gasteiger partial charge in [-0.05, 0) is 47.6 Å². The van der Waals surface area contributed by atoms with E-state index >= 15 is 0 Å². The number of carbonyl (C=O) groups excluding carboxylic acids is 1. The highest BCUT2D eigenvalue weighted by molar-refractivity contribution is 7.80. The third-order valence-electron chi connectivity index (χ3n) is 5.09. The van der Waals surface area contributed by atoms with Gasteiger partial charge in [0.25, 0.3) is 5.91 Å². The second-order valence-electron chi connectivity index (χ2n) is 6.48. The number of benzene rings is 2. The van der Waals surface area contributed by atoms with Crippen LogP contribution in [0.1, 0.15) is 11.1 Å². The van der Waals surface area contributed by atoms with Gasteiger partial charge in [-0.25, -0.2) is 0 Å². The number of fused-ring (bicyclic) bond motifs is 2. The molecule has 2 aromatic rings. The van der Waals surface area contributed by atoms with Gasteiger partial charge in [0.2, 0.25) is 0 Å². The van der Waals surface area contributed by atoms with Crippen molar-refractivity contribution in [1.82, 2.24) is 4.90 Å². The first kappa shape index (κ1) is 17.6. The molecule has 1 amide bonds. The lowest BCUT2D eigenvalue weighted by molar-refractivity contribution is -0.119. The Morgan fingerprint density at radius 1 is 1.00 bits per heavy atom. The summed E-state index contributed by atoms with van der Waals surface area (Å²) in [6.07, 6.45) is 0.579. The molecule has 6 nitrogen and oxygen atoms in total. The van der Waals surface area contributed by atoms with Crippen molar-refractivity contribution in [2.24, 2.45) is 0 Å². The molecule has 0 radical (unpaired) electrons. The van der Waals surface area contributed by atoms with Crippen LogP contribution in [0, 0.1) is 0 Å². The van der Waals surface area contributed by atoms with Crippen molar-refractivity contribution in [2.45, 2.75) is 19.0 Å². The molecule has 2 aromatic carbocycles. The predicted octanol–water partition coefficient (Wildman–Crippen LogP) is 2.77. The lowest BCUT2D eigenvalue weighted by Gasteiger charge is -2.31. The van der Waals surface area contributed by atoms with Gasteiger partial charge in [-0.2, -0.15) is 0 Å². The van der Waals surface area contributed by atoms with E-state index < -0.39 is 0 Å². The molecule has 0 aliphatic carbocycles. The Balaban J connectivity index is 1.70. The largest absolute Gasteiger partial charge is 0.497 e. The Bertz CT molecular complexity index is 879. The van der Waals surface area contributed by atoms with E-state index in [4.69, 9.17) is 26.4 Å². The van der Waals surface area contributed by atoms with Crippen LogP contribution in [0.2, 0.25) is 0 Å². The van der Waals surface area contributed by atoms with Crippen LogP contribution in [0.25, 0.3) is 0 Å². The molecule has 140 valence electrons. The molecule has 0 spiro atoms. The second-order valence-corrected chi connectivity index (χ2v) is 6.85. The van der Waals surface area contributed by atoms with Gasteiger partial charge in [0.05, 0.1) is 27.0 Å². The van der Waals surface area contributed by atoms with E-state index in [0.717, 1.165) is 16.8 Å². The summed E-state index contributed by atoms with van der Waals surface area (Å²) in [5.74, 6) is 2.01. The van der Waals surface area contributed by atoms with Crippen molar-refractivity contribution < 1.29 is 19.0 Å². The molecule has 1 atom stereocenters. The minimum atomic E-state index is -0.311. The van der Waals surface area contributed by atoms with Crippen LogP contribution in [0.3, 0.4) is 0 Å². The lowest BCUT2D eigenvalue weighted by atomic mass is 9.94. The summed E-state index contributed by atoms with van der Waals surface area (Å²) in [6, 6.07) is 11.0. The van der Waals surface area contributed by atoms with E-state index in [2.05, 4.69) is 0 Å². The lowest BCUT2D eigenvalue weighted by Crippen LogP contribution is -2.40. The van der Waals surface area contributed by atoms with Crippen molar-refractivity contribution >= 4 is 28.9 Å². The summed E-state index contributed by atoms with van der Waals surface area (Å²) >= 11 is 5.65. The van der Waals surface area contributed by atoms with E-state index in [9.17, 15) is 4.79 Å². The highest BCUT2D eigenvalue weighted by Gasteiger charge is 2.45. The van der Waals surface area contributed by atoms with Gasteiger partial charge in [-0.1, -0.05) is 6.07 Å². The molecule has 2 heterocycles. The van der Waals surface area contributed by atoms with E-state index in [1.807, 2.05) is 41.3 Å². The van der Waals surface area contributed by atoms with Crippen LogP contribution in [0.5, 0.6) is 17.2 Å². The molecule has 0 N–H and O–H groups in total. The average Bonchev–Trinajstić information content (AvgIpc) is 2.95. The summed E-state index contributed by atoms with van der Waals surface area (Å²) in [5, 5.41) is 0.513. The molecule has 4 rings (SSSR count). The Labute approximate surface area is 163 Å². The molecule has 2 aliphatic heterocycles. The SMILES string of the molecule is COc1cccc(N2C(=O)C3Cc4cc(OC)c(OC)cc4CN3C2=S)c1.